The Labute approximate surface area is 112 Å². The molecule has 0 saturated heterocycles. The van der Waals surface area contributed by atoms with E-state index < -0.39 is 5.97 Å². The molecule has 0 fully saturated rings. The van der Waals surface area contributed by atoms with Crippen LogP contribution in [0, 0.1) is 0 Å². The van der Waals surface area contributed by atoms with Crippen LogP contribution in [0.15, 0.2) is 48.5 Å². The molecule has 0 spiro atoms. The highest BCUT2D eigenvalue weighted by atomic mass is 16.4. The Morgan fingerprint density at radius 3 is 2.32 bits per heavy atom. The number of benzene rings is 2. The zero-order chi connectivity index (χ0) is 13.8. The van der Waals surface area contributed by atoms with Gasteiger partial charge >= 0.3 is 5.97 Å². The molecular formula is C15H16N2O2. The van der Waals surface area contributed by atoms with Gasteiger partial charge in [0.05, 0.1) is 5.56 Å². The molecule has 0 unspecified atom stereocenters. The van der Waals surface area contributed by atoms with Gasteiger partial charge in [-0.3, -0.25) is 0 Å². The summed E-state index contributed by atoms with van der Waals surface area (Å²) in [6.45, 7) is 0. The fourth-order valence-corrected chi connectivity index (χ4v) is 1.72. The summed E-state index contributed by atoms with van der Waals surface area (Å²) in [5.41, 5.74) is 3.22. The summed E-state index contributed by atoms with van der Waals surface area (Å²) in [5.74, 6) is -0.916. The third-order valence-electron chi connectivity index (χ3n) is 2.78. The minimum Gasteiger partial charge on any atom is -0.478 e. The molecule has 2 rings (SSSR count). The van der Waals surface area contributed by atoms with E-state index >= 15 is 0 Å². The molecule has 0 aromatic heterocycles. The van der Waals surface area contributed by atoms with Gasteiger partial charge in [-0.2, -0.15) is 0 Å². The number of nitrogens with one attached hydrogen (secondary N) is 1. The van der Waals surface area contributed by atoms with Crippen LogP contribution < -0.4 is 10.2 Å². The number of hydrogen-bond acceptors (Lipinski definition) is 3. The molecule has 0 aliphatic heterocycles. The molecule has 4 heteroatoms. The van der Waals surface area contributed by atoms with Gasteiger partial charge in [0.25, 0.3) is 0 Å². The van der Waals surface area contributed by atoms with Crippen molar-refractivity contribution in [2.45, 2.75) is 0 Å². The largest absolute Gasteiger partial charge is 0.478 e. The maximum Gasteiger partial charge on any atom is 0.335 e. The highest BCUT2D eigenvalue weighted by molar-refractivity contribution is 5.88. The van der Waals surface area contributed by atoms with Crippen molar-refractivity contribution >= 4 is 23.0 Å². The van der Waals surface area contributed by atoms with Crippen molar-refractivity contribution in [1.82, 2.24) is 0 Å². The van der Waals surface area contributed by atoms with Crippen molar-refractivity contribution in [1.29, 1.82) is 0 Å². The first kappa shape index (κ1) is 13.0. The zero-order valence-electron chi connectivity index (χ0n) is 10.9. The first-order valence-electron chi connectivity index (χ1n) is 5.94. The van der Waals surface area contributed by atoms with E-state index in [1.54, 1.807) is 24.3 Å². The molecule has 0 radical (unpaired) electrons. The smallest absolute Gasteiger partial charge is 0.335 e. The number of rotatable bonds is 4. The Morgan fingerprint density at radius 2 is 1.74 bits per heavy atom. The van der Waals surface area contributed by atoms with E-state index in [9.17, 15) is 4.79 Å². The van der Waals surface area contributed by atoms with Crippen molar-refractivity contribution in [2.75, 3.05) is 24.3 Å². The molecule has 0 heterocycles. The third kappa shape index (κ3) is 3.25. The lowest BCUT2D eigenvalue weighted by atomic mass is 10.2. The van der Waals surface area contributed by atoms with Crippen LogP contribution in [-0.4, -0.2) is 25.2 Å². The van der Waals surface area contributed by atoms with Gasteiger partial charge in [-0.15, -0.1) is 0 Å². The molecule has 19 heavy (non-hydrogen) atoms. The lowest BCUT2D eigenvalue weighted by Crippen LogP contribution is -2.08. The van der Waals surface area contributed by atoms with Crippen LogP contribution in [-0.2, 0) is 0 Å². The Kier molecular flexibility index (Phi) is 3.71. The minimum absolute atomic E-state index is 0.285. The summed E-state index contributed by atoms with van der Waals surface area (Å²) in [6, 6.07) is 14.7. The van der Waals surface area contributed by atoms with Gasteiger partial charge in [0.2, 0.25) is 0 Å². The normalized spacial score (nSPS) is 10.0. The number of nitrogens with zero attached hydrogens (tertiary/aromatic N) is 1. The van der Waals surface area contributed by atoms with E-state index in [1.807, 2.05) is 43.3 Å². The van der Waals surface area contributed by atoms with Gasteiger partial charge in [-0.05, 0) is 42.5 Å². The molecule has 4 nitrogen and oxygen atoms in total. The van der Waals surface area contributed by atoms with E-state index in [4.69, 9.17) is 5.11 Å². The summed E-state index contributed by atoms with van der Waals surface area (Å²) in [6.07, 6.45) is 0. The number of anilines is 3. The summed E-state index contributed by atoms with van der Waals surface area (Å²) in [4.78, 5) is 12.8. The van der Waals surface area contributed by atoms with Crippen LogP contribution in [0.25, 0.3) is 0 Å². The van der Waals surface area contributed by atoms with E-state index in [1.165, 1.54) is 0 Å². The summed E-state index contributed by atoms with van der Waals surface area (Å²) < 4.78 is 0. The van der Waals surface area contributed by atoms with Crippen LogP contribution in [0.2, 0.25) is 0 Å². The molecule has 0 atom stereocenters. The lowest BCUT2D eigenvalue weighted by molar-refractivity contribution is 0.0697. The number of carboxylic acid groups (broad SMARTS) is 1. The van der Waals surface area contributed by atoms with Gasteiger partial charge in [0.1, 0.15) is 0 Å². The van der Waals surface area contributed by atoms with Gasteiger partial charge in [-0.25, -0.2) is 4.79 Å². The molecule has 0 bridgehead atoms. The van der Waals surface area contributed by atoms with Gasteiger partial charge < -0.3 is 15.3 Å². The monoisotopic (exact) mass is 256 g/mol. The van der Waals surface area contributed by atoms with Crippen LogP contribution in [0.4, 0.5) is 17.1 Å². The van der Waals surface area contributed by atoms with Crippen LogP contribution in [0.3, 0.4) is 0 Å². The van der Waals surface area contributed by atoms with Crippen molar-refractivity contribution in [3.63, 3.8) is 0 Å². The standard InChI is InChI=1S/C15H16N2O2/c1-17(2)14-5-3-4-13(10-14)16-12-8-6-11(7-9-12)15(18)19/h3-10,16H,1-2H3,(H,18,19). The average molecular weight is 256 g/mol. The second-order valence-corrected chi connectivity index (χ2v) is 4.45. The third-order valence-corrected chi connectivity index (χ3v) is 2.78. The van der Waals surface area contributed by atoms with E-state index in [0.29, 0.717) is 0 Å². The van der Waals surface area contributed by atoms with Crippen LogP contribution >= 0.6 is 0 Å². The molecule has 2 aromatic carbocycles. The predicted octanol–water partition coefficient (Wildman–Crippen LogP) is 3.19. The number of carbonyl (C=O) groups is 1. The molecule has 0 saturated carbocycles. The Hall–Kier alpha value is -2.49. The molecular weight excluding hydrogens is 240 g/mol. The first-order valence-corrected chi connectivity index (χ1v) is 5.94. The highest BCUT2D eigenvalue weighted by Crippen LogP contribution is 2.21. The second-order valence-electron chi connectivity index (χ2n) is 4.45. The van der Waals surface area contributed by atoms with Gasteiger partial charge in [0, 0.05) is 31.2 Å². The summed E-state index contributed by atoms with van der Waals surface area (Å²) >= 11 is 0. The lowest BCUT2D eigenvalue weighted by Gasteiger charge is -2.14. The van der Waals surface area contributed by atoms with E-state index in [-0.39, 0.29) is 5.56 Å². The van der Waals surface area contributed by atoms with E-state index in [0.717, 1.165) is 17.1 Å². The SMILES string of the molecule is CN(C)c1cccc(Nc2ccc(C(=O)O)cc2)c1. The number of aromatic carboxylic acids is 1. The Balaban J connectivity index is 2.16. The molecule has 2 N–H and O–H groups in total. The van der Waals surface area contributed by atoms with E-state index in [2.05, 4.69) is 5.32 Å². The molecule has 0 aliphatic rings. The Morgan fingerprint density at radius 1 is 1.05 bits per heavy atom. The van der Waals surface area contributed by atoms with Crippen LogP contribution in [0.5, 0.6) is 0 Å². The zero-order valence-corrected chi connectivity index (χ0v) is 10.9. The topological polar surface area (TPSA) is 52.6 Å². The molecule has 2 aromatic rings. The Bertz CT molecular complexity index is 577. The molecule has 0 amide bonds. The predicted molar refractivity (Wildman–Crippen MR) is 77.5 cm³/mol. The number of hydrogen-bond donors (Lipinski definition) is 2. The second kappa shape index (κ2) is 5.44. The molecule has 98 valence electrons. The molecule has 0 aliphatic carbocycles. The minimum atomic E-state index is -0.916. The highest BCUT2D eigenvalue weighted by Gasteiger charge is 2.02. The van der Waals surface area contributed by atoms with Crippen molar-refractivity contribution < 1.29 is 9.90 Å². The average Bonchev–Trinajstić information content (AvgIpc) is 2.39. The fourth-order valence-electron chi connectivity index (χ4n) is 1.72. The number of carboxylic acids is 1. The van der Waals surface area contributed by atoms with Gasteiger partial charge in [0.15, 0.2) is 0 Å². The maximum absolute atomic E-state index is 10.8. The van der Waals surface area contributed by atoms with Crippen molar-refractivity contribution in [3.8, 4) is 0 Å². The summed E-state index contributed by atoms with van der Waals surface area (Å²) in [5, 5.41) is 12.1. The quantitative estimate of drug-likeness (QED) is 0.882. The maximum atomic E-state index is 10.8. The fraction of sp³-hybridized carbons (Fsp3) is 0.133. The van der Waals surface area contributed by atoms with Crippen LogP contribution in [0.1, 0.15) is 10.4 Å². The van der Waals surface area contributed by atoms with Crippen molar-refractivity contribution in [2.24, 2.45) is 0 Å². The van der Waals surface area contributed by atoms with Gasteiger partial charge in [-0.1, -0.05) is 6.07 Å². The first-order chi connectivity index (χ1) is 9.06. The summed E-state index contributed by atoms with van der Waals surface area (Å²) in [7, 11) is 3.97. The van der Waals surface area contributed by atoms with Crippen molar-refractivity contribution in [3.05, 3.63) is 54.1 Å².